The summed E-state index contributed by atoms with van der Waals surface area (Å²) in [4.78, 5) is 12.7. The second-order valence-electron chi connectivity index (χ2n) is 4.46. The summed E-state index contributed by atoms with van der Waals surface area (Å²) < 4.78 is 13.9. The van der Waals surface area contributed by atoms with E-state index < -0.39 is 0 Å². The van der Waals surface area contributed by atoms with Crippen LogP contribution in [0.15, 0.2) is 24.3 Å². The van der Waals surface area contributed by atoms with Crippen LogP contribution in [0.1, 0.15) is 16.1 Å². The van der Waals surface area contributed by atoms with E-state index >= 15 is 0 Å². The van der Waals surface area contributed by atoms with Crippen LogP contribution in [-0.4, -0.2) is 25.0 Å². The van der Waals surface area contributed by atoms with Crippen molar-refractivity contribution < 1.29 is 9.18 Å². The topological polar surface area (TPSA) is 41.1 Å². The van der Waals surface area contributed by atoms with E-state index in [4.69, 9.17) is 0 Å². The smallest absolute Gasteiger partial charge is 0.261 e. The minimum Gasteiger partial charge on any atom is -0.347 e. The Labute approximate surface area is 108 Å². The summed E-state index contributed by atoms with van der Waals surface area (Å²) in [5.74, 6) is -0.332. The van der Waals surface area contributed by atoms with Crippen molar-refractivity contribution >= 4 is 27.3 Å². The molecule has 1 aliphatic rings. The third-order valence-corrected chi connectivity index (χ3v) is 4.20. The fourth-order valence-corrected chi connectivity index (χ4v) is 3.14. The van der Waals surface area contributed by atoms with Gasteiger partial charge in [-0.05, 0) is 36.6 Å². The van der Waals surface area contributed by atoms with Gasteiger partial charge in [0.1, 0.15) is 5.82 Å². The summed E-state index contributed by atoms with van der Waals surface area (Å²) in [5.41, 5.74) is 0. The summed E-state index contributed by atoms with van der Waals surface area (Å²) in [6, 6.07) is 6.61. The number of amides is 1. The maximum absolute atomic E-state index is 13.1. The molecule has 0 spiro atoms. The van der Waals surface area contributed by atoms with Crippen LogP contribution in [0.4, 0.5) is 4.39 Å². The third-order valence-electron chi connectivity index (χ3n) is 3.10. The molecule has 1 aliphatic heterocycles. The lowest BCUT2D eigenvalue weighted by molar-refractivity contribution is 0.0944. The van der Waals surface area contributed by atoms with E-state index in [9.17, 15) is 9.18 Å². The Morgan fingerprint density at radius 1 is 1.44 bits per heavy atom. The highest BCUT2D eigenvalue weighted by molar-refractivity contribution is 7.20. The lowest BCUT2D eigenvalue weighted by Gasteiger charge is -2.09. The quantitative estimate of drug-likeness (QED) is 0.872. The Morgan fingerprint density at radius 3 is 3.11 bits per heavy atom. The number of rotatable bonds is 2. The van der Waals surface area contributed by atoms with Gasteiger partial charge in [-0.1, -0.05) is 6.07 Å². The number of benzene rings is 1. The Morgan fingerprint density at radius 2 is 2.33 bits per heavy atom. The SMILES string of the molecule is O=C(NC1CCNC1)c1cc2ccc(F)cc2s1. The van der Waals surface area contributed by atoms with Crippen molar-refractivity contribution in [2.24, 2.45) is 0 Å². The van der Waals surface area contributed by atoms with Crippen LogP contribution in [0.25, 0.3) is 10.1 Å². The molecule has 2 N–H and O–H groups in total. The summed E-state index contributed by atoms with van der Waals surface area (Å²) in [6.07, 6.45) is 0.964. The highest BCUT2D eigenvalue weighted by atomic mass is 32.1. The number of hydrogen-bond donors (Lipinski definition) is 2. The fraction of sp³-hybridized carbons (Fsp3) is 0.308. The standard InChI is InChI=1S/C13H13FN2OS/c14-9-2-1-8-5-12(18-11(8)6-9)13(17)16-10-3-4-15-7-10/h1-2,5-6,10,15H,3-4,7H2,(H,16,17). The van der Waals surface area contributed by atoms with Crippen molar-refractivity contribution in [3.8, 4) is 0 Å². The molecule has 1 unspecified atom stereocenters. The number of carbonyl (C=O) groups excluding carboxylic acids is 1. The molecule has 3 rings (SSSR count). The van der Waals surface area contributed by atoms with Crippen molar-refractivity contribution in [3.05, 3.63) is 35.0 Å². The first-order valence-corrected chi connectivity index (χ1v) is 6.75. The van der Waals surface area contributed by atoms with Crippen LogP contribution in [0.3, 0.4) is 0 Å². The first kappa shape index (κ1) is 11.6. The zero-order valence-electron chi connectivity index (χ0n) is 9.70. The van der Waals surface area contributed by atoms with Crippen LogP contribution < -0.4 is 10.6 Å². The van der Waals surface area contributed by atoms with Gasteiger partial charge in [-0.25, -0.2) is 4.39 Å². The summed E-state index contributed by atoms with van der Waals surface area (Å²) >= 11 is 1.33. The molecule has 1 aromatic heterocycles. The summed E-state index contributed by atoms with van der Waals surface area (Å²) in [6.45, 7) is 1.77. The molecule has 1 atom stereocenters. The van der Waals surface area contributed by atoms with E-state index in [-0.39, 0.29) is 17.8 Å². The number of hydrogen-bond acceptors (Lipinski definition) is 3. The molecular weight excluding hydrogens is 251 g/mol. The van der Waals surface area contributed by atoms with Gasteiger partial charge in [0.15, 0.2) is 0 Å². The van der Waals surface area contributed by atoms with Gasteiger partial charge in [-0.2, -0.15) is 0 Å². The first-order valence-electron chi connectivity index (χ1n) is 5.93. The van der Waals surface area contributed by atoms with Gasteiger partial charge < -0.3 is 10.6 Å². The highest BCUT2D eigenvalue weighted by Crippen LogP contribution is 2.26. The van der Waals surface area contributed by atoms with Gasteiger partial charge in [0.05, 0.1) is 4.88 Å². The Hall–Kier alpha value is -1.46. The van der Waals surface area contributed by atoms with E-state index in [0.29, 0.717) is 4.88 Å². The normalized spacial score (nSPS) is 19.3. The van der Waals surface area contributed by atoms with E-state index in [1.54, 1.807) is 6.07 Å². The molecule has 0 saturated carbocycles. The first-order chi connectivity index (χ1) is 8.72. The molecule has 2 heterocycles. The second-order valence-corrected chi connectivity index (χ2v) is 5.54. The van der Waals surface area contributed by atoms with Gasteiger partial charge in [0.2, 0.25) is 0 Å². The fourth-order valence-electron chi connectivity index (χ4n) is 2.15. The lowest BCUT2D eigenvalue weighted by atomic mass is 10.2. The molecule has 1 fully saturated rings. The maximum atomic E-state index is 13.1. The van der Waals surface area contributed by atoms with Gasteiger partial charge >= 0.3 is 0 Å². The minimum absolute atomic E-state index is 0.0645. The average molecular weight is 264 g/mol. The van der Waals surface area contributed by atoms with Crippen molar-refractivity contribution in [2.75, 3.05) is 13.1 Å². The van der Waals surface area contributed by atoms with Crippen molar-refractivity contribution in [2.45, 2.75) is 12.5 Å². The van der Waals surface area contributed by atoms with E-state index in [2.05, 4.69) is 10.6 Å². The lowest BCUT2D eigenvalue weighted by Crippen LogP contribution is -2.35. The number of fused-ring (bicyclic) bond motifs is 1. The molecule has 2 aromatic rings. The zero-order valence-corrected chi connectivity index (χ0v) is 10.5. The van der Waals surface area contributed by atoms with E-state index in [0.717, 1.165) is 29.6 Å². The van der Waals surface area contributed by atoms with Gasteiger partial charge in [-0.3, -0.25) is 4.79 Å². The molecular formula is C13H13FN2OS. The molecule has 18 heavy (non-hydrogen) atoms. The highest BCUT2D eigenvalue weighted by Gasteiger charge is 2.18. The molecule has 1 saturated heterocycles. The monoisotopic (exact) mass is 264 g/mol. The summed E-state index contributed by atoms with van der Waals surface area (Å²) in [7, 11) is 0. The van der Waals surface area contributed by atoms with Crippen LogP contribution in [0.2, 0.25) is 0 Å². The van der Waals surface area contributed by atoms with Gasteiger partial charge in [-0.15, -0.1) is 11.3 Å². The predicted octanol–water partition coefficient (Wildman–Crippen LogP) is 2.13. The van der Waals surface area contributed by atoms with Crippen molar-refractivity contribution in [1.29, 1.82) is 0 Å². The molecule has 0 bridgehead atoms. The molecule has 0 radical (unpaired) electrons. The summed E-state index contributed by atoms with van der Waals surface area (Å²) in [5, 5.41) is 7.10. The Bertz CT molecular complexity index is 590. The second kappa shape index (κ2) is 4.66. The van der Waals surface area contributed by atoms with Gasteiger partial charge in [0.25, 0.3) is 5.91 Å². The van der Waals surface area contributed by atoms with E-state index in [1.165, 1.54) is 23.5 Å². The van der Waals surface area contributed by atoms with Crippen LogP contribution in [0.5, 0.6) is 0 Å². The number of nitrogens with one attached hydrogen (secondary N) is 2. The zero-order chi connectivity index (χ0) is 12.5. The van der Waals surface area contributed by atoms with Crippen LogP contribution >= 0.6 is 11.3 Å². The molecule has 5 heteroatoms. The number of halogens is 1. The molecule has 1 amide bonds. The molecule has 3 nitrogen and oxygen atoms in total. The Balaban J connectivity index is 1.82. The minimum atomic E-state index is -0.267. The Kier molecular flexibility index (Phi) is 3.01. The number of thiophene rings is 1. The van der Waals surface area contributed by atoms with Crippen LogP contribution in [-0.2, 0) is 0 Å². The van der Waals surface area contributed by atoms with Crippen LogP contribution in [0, 0.1) is 5.82 Å². The van der Waals surface area contributed by atoms with Gasteiger partial charge in [0, 0.05) is 17.3 Å². The number of carbonyl (C=O) groups is 1. The third kappa shape index (κ3) is 2.23. The van der Waals surface area contributed by atoms with Crippen molar-refractivity contribution in [1.82, 2.24) is 10.6 Å². The van der Waals surface area contributed by atoms with Crippen molar-refractivity contribution in [3.63, 3.8) is 0 Å². The maximum Gasteiger partial charge on any atom is 0.261 e. The molecule has 94 valence electrons. The molecule has 0 aliphatic carbocycles. The largest absolute Gasteiger partial charge is 0.347 e. The molecule has 1 aromatic carbocycles. The van der Waals surface area contributed by atoms with E-state index in [1.807, 2.05) is 6.07 Å². The predicted molar refractivity (Wildman–Crippen MR) is 70.5 cm³/mol. The average Bonchev–Trinajstić information content (AvgIpc) is 2.96.